The average Bonchev–Trinajstić information content (AvgIpc) is 2.31. The van der Waals surface area contributed by atoms with E-state index >= 15 is 0 Å². The van der Waals surface area contributed by atoms with E-state index < -0.39 is 30.4 Å². The van der Waals surface area contributed by atoms with Crippen LogP contribution in [0.1, 0.15) is 0 Å². The molecule has 0 fully saturated rings. The molecule has 0 aromatic heterocycles. The predicted octanol–water partition coefficient (Wildman–Crippen LogP) is -2.64. The fraction of sp³-hybridized carbons (Fsp3) is 0.556. The van der Waals surface area contributed by atoms with Crippen LogP contribution < -0.4 is 0 Å². The molecule has 0 spiro atoms. The first kappa shape index (κ1) is 14.7. The van der Waals surface area contributed by atoms with E-state index in [1.165, 1.54) is 6.08 Å². The molecular weight excluding hydrogens is 220 g/mol. The number of hydrogen-bond acceptors (Lipinski definition) is 7. The van der Waals surface area contributed by atoms with E-state index in [0.29, 0.717) is 0 Å². The average molecular weight is 234 g/mol. The Bertz CT molecular complexity index is 252. The molecule has 0 aliphatic carbocycles. The Morgan fingerprint density at radius 3 is 2.25 bits per heavy atom. The van der Waals surface area contributed by atoms with Crippen molar-refractivity contribution < 1.29 is 34.8 Å². The van der Waals surface area contributed by atoms with Crippen LogP contribution in [-0.2, 0) is 14.3 Å². The first-order valence-electron chi connectivity index (χ1n) is 4.40. The van der Waals surface area contributed by atoms with Crippen LogP contribution in [0.4, 0.5) is 0 Å². The van der Waals surface area contributed by atoms with Crippen molar-refractivity contribution in [1.29, 1.82) is 0 Å². The van der Waals surface area contributed by atoms with Gasteiger partial charge in [-0.2, -0.15) is 0 Å². The number of aliphatic hydroxyl groups excluding tert-OH is 4. The lowest BCUT2D eigenvalue weighted by Crippen LogP contribution is -2.48. The van der Waals surface area contributed by atoms with Gasteiger partial charge in [-0.1, -0.05) is 12.7 Å². The molecular formula is C9H14O7. The van der Waals surface area contributed by atoms with E-state index in [4.69, 9.17) is 10.2 Å². The molecule has 4 N–H and O–H groups in total. The first-order valence-corrected chi connectivity index (χ1v) is 4.40. The zero-order chi connectivity index (χ0) is 12.7. The molecule has 0 bridgehead atoms. The van der Waals surface area contributed by atoms with Crippen molar-refractivity contribution in [3.8, 4) is 0 Å². The van der Waals surface area contributed by atoms with Crippen LogP contribution in [0.3, 0.4) is 0 Å². The molecule has 0 aromatic carbocycles. The molecule has 0 heterocycles. The zero-order valence-electron chi connectivity index (χ0n) is 8.39. The van der Waals surface area contributed by atoms with Crippen molar-refractivity contribution in [3.05, 3.63) is 12.7 Å². The van der Waals surface area contributed by atoms with E-state index in [9.17, 15) is 19.8 Å². The van der Waals surface area contributed by atoms with Gasteiger partial charge in [0.15, 0.2) is 12.4 Å². The van der Waals surface area contributed by atoms with E-state index in [0.717, 1.165) is 0 Å². The van der Waals surface area contributed by atoms with Gasteiger partial charge < -0.3 is 30.0 Å². The van der Waals surface area contributed by atoms with Crippen LogP contribution in [0.15, 0.2) is 12.7 Å². The molecule has 0 aromatic rings. The number of carbonyl (C=O) groups excluding carboxylic acids is 2. The lowest BCUT2D eigenvalue weighted by Gasteiger charge is -2.22. The minimum atomic E-state index is -2.05. The summed E-state index contributed by atoms with van der Waals surface area (Å²) in [6.07, 6.45) is -6.72. The molecule has 7 heteroatoms. The molecule has 92 valence electrons. The van der Waals surface area contributed by atoms with Crippen molar-refractivity contribution in [1.82, 2.24) is 0 Å². The third-order valence-corrected chi connectivity index (χ3v) is 1.75. The summed E-state index contributed by atoms with van der Waals surface area (Å²) in [6, 6.07) is 0. The maximum Gasteiger partial charge on any atom is 0.338 e. The smallest absolute Gasteiger partial charge is 0.338 e. The van der Waals surface area contributed by atoms with Gasteiger partial charge in [-0.05, 0) is 0 Å². The van der Waals surface area contributed by atoms with Crippen LogP contribution in [0.25, 0.3) is 0 Å². The summed E-state index contributed by atoms with van der Waals surface area (Å²) in [5.74, 6) is -1.19. The topological polar surface area (TPSA) is 124 Å². The highest BCUT2D eigenvalue weighted by molar-refractivity contribution is 5.75. The summed E-state index contributed by atoms with van der Waals surface area (Å²) in [7, 11) is 0. The molecule has 0 amide bonds. The molecule has 4 unspecified atom stereocenters. The van der Waals surface area contributed by atoms with Crippen LogP contribution >= 0.6 is 0 Å². The lowest BCUT2D eigenvalue weighted by atomic mass is 10.0. The van der Waals surface area contributed by atoms with Crippen LogP contribution in [0.2, 0.25) is 0 Å². The molecule has 0 radical (unpaired) electrons. The molecule has 4 atom stereocenters. The lowest BCUT2D eigenvalue weighted by molar-refractivity contribution is -0.168. The maximum atomic E-state index is 11.0. The van der Waals surface area contributed by atoms with Gasteiger partial charge in [-0.25, -0.2) is 4.79 Å². The molecule has 0 saturated heterocycles. The van der Waals surface area contributed by atoms with E-state index in [-0.39, 0.29) is 12.9 Å². The number of esters is 1. The van der Waals surface area contributed by atoms with Gasteiger partial charge in [-0.3, -0.25) is 0 Å². The number of carbonyl (C=O) groups is 2. The number of hydrogen-bond donors (Lipinski definition) is 4. The summed E-state index contributed by atoms with van der Waals surface area (Å²) >= 11 is 0. The van der Waals surface area contributed by atoms with E-state index in [1.807, 2.05) is 0 Å². The Morgan fingerprint density at radius 1 is 1.25 bits per heavy atom. The maximum absolute atomic E-state index is 11.0. The highest BCUT2D eigenvalue weighted by Gasteiger charge is 2.35. The fourth-order valence-electron chi connectivity index (χ4n) is 0.835. The Morgan fingerprint density at radius 2 is 1.81 bits per heavy atom. The standard InChI is InChI=1S/C9H14O7/c1-2-3-16-9(15)8(14)7(13)6(12)5(11)4-10/h2,4-8,11-14H,1,3H2. The Kier molecular flexibility index (Phi) is 6.50. The predicted molar refractivity (Wildman–Crippen MR) is 51.2 cm³/mol. The number of ether oxygens (including phenoxy) is 1. The van der Waals surface area contributed by atoms with Gasteiger partial charge in [0.2, 0.25) is 0 Å². The Balaban J connectivity index is 4.35. The SMILES string of the molecule is C=CCOC(=O)C(O)C(O)C(O)C(O)C=O. The minimum Gasteiger partial charge on any atom is -0.459 e. The molecule has 0 aliphatic heterocycles. The molecule has 7 nitrogen and oxygen atoms in total. The van der Waals surface area contributed by atoms with Crippen LogP contribution in [0, 0.1) is 0 Å². The minimum absolute atomic E-state index is 0.0321. The third kappa shape index (κ3) is 4.07. The second-order valence-corrected chi connectivity index (χ2v) is 2.97. The number of aliphatic hydroxyl groups is 4. The molecule has 16 heavy (non-hydrogen) atoms. The summed E-state index contributed by atoms with van der Waals surface area (Å²) in [4.78, 5) is 21.1. The normalized spacial score (nSPS) is 18.0. The van der Waals surface area contributed by atoms with E-state index in [2.05, 4.69) is 11.3 Å². The summed E-state index contributed by atoms with van der Waals surface area (Å²) in [5, 5.41) is 36.4. The van der Waals surface area contributed by atoms with E-state index in [1.54, 1.807) is 0 Å². The third-order valence-electron chi connectivity index (χ3n) is 1.75. The molecule has 0 rings (SSSR count). The zero-order valence-corrected chi connectivity index (χ0v) is 8.39. The highest BCUT2D eigenvalue weighted by atomic mass is 16.5. The quantitative estimate of drug-likeness (QED) is 0.215. The van der Waals surface area contributed by atoms with Crippen molar-refractivity contribution in [3.63, 3.8) is 0 Å². The Hall–Kier alpha value is -1.28. The first-order chi connectivity index (χ1) is 7.45. The number of aldehydes is 1. The van der Waals surface area contributed by atoms with Crippen LogP contribution in [0.5, 0.6) is 0 Å². The fourth-order valence-corrected chi connectivity index (χ4v) is 0.835. The van der Waals surface area contributed by atoms with Gasteiger partial charge in [0.1, 0.15) is 24.9 Å². The largest absolute Gasteiger partial charge is 0.459 e. The summed E-state index contributed by atoms with van der Waals surface area (Å²) < 4.78 is 4.39. The summed E-state index contributed by atoms with van der Waals surface area (Å²) in [5.41, 5.74) is 0. The van der Waals surface area contributed by atoms with Crippen molar-refractivity contribution in [2.45, 2.75) is 24.4 Å². The summed E-state index contributed by atoms with van der Waals surface area (Å²) in [6.45, 7) is 3.08. The second kappa shape index (κ2) is 7.07. The van der Waals surface area contributed by atoms with Gasteiger partial charge in [0.25, 0.3) is 0 Å². The van der Waals surface area contributed by atoms with Gasteiger partial charge in [0, 0.05) is 0 Å². The van der Waals surface area contributed by atoms with Gasteiger partial charge in [-0.15, -0.1) is 0 Å². The molecule has 0 saturated carbocycles. The van der Waals surface area contributed by atoms with Gasteiger partial charge >= 0.3 is 5.97 Å². The molecule has 0 aliphatic rings. The monoisotopic (exact) mass is 234 g/mol. The highest BCUT2D eigenvalue weighted by Crippen LogP contribution is 2.05. The second-order valence-electron chi connectivity index (χ2n) is 2.97. The van der Waals surface area contributed by atoms with Crippen LogP contribution in [-0.4, -0.2) is 63.7 Å². The van der Waals surface area contributed by atoms with Crippen molar-refractivity contribution in [2.24, 2.45) is 0 Å². The van der Waals surface area contributed by atoms with Crippen molar-refractivity contribution >= 4 is 12.3 Å². The Labute approximate surface area is 91.6 Å². The number of rotatable bonds is 7. The van der Waals surface area contributed by atoms with Crippen molar-refractivity contribution in [2.75, 3.05) is 6.61 Å². The van der Waals surface area contributed by atoms with Gasteiger partial charge in [0.05, 0.1) is 0 Å².